The summed E-state index contributed by atoms with van der Waals surface area (Å²) in [6, 6.07) is 7.27. The summed E-state index contributed by atoms with van der Waals surface area (Å²) in [6.07, 6.45) is 3.40. The molecule has 1 aromatic carbocycles. The largest absolute Gasteiger partial charge is 0.494 e. The number of H-pyrrole nitrogens is 1. The van der Waals surface area contributed by atoms with Gasteiger partial charge in [-0.25, -0.2) is 4.79 Å². The van der Waals surface area contributed by atoms with Crippen molar-refractivity contribution in [2.75, 3.05) is 0 Å². The number of benzene rings is 1. The van der Waals surface area contributed by atoms with E-state index < -0.39 is 17.1 Å². The summed E-state index contributed by atoms with van der Waals surface area (Å²) in [5.74, 6) is -0.0652. The van der Waals surface area contributed by atoms with Crippen molar-refractivity contribution in [3.8, 4) is 5.88 Å². The minimum absolute atomic E-state index is 0.0233. The molecule has 1 unspecified atom stereocenters. The van der Waals surface area contributed by atoms with Crippen molar-refractivity contribution in [3.05, 3.63) is 79.0 Å². The van der Waals surface area contributed by atoms with E-state index >= 15 is 0 Å². The average molecular weight is 407 g/mol. The van der Waals surface area contributed by atoms with E-state index in [0.717, 1.165) is 10.1 Å². The minimum Gasteiger partial charge on any atom is -0.494 e. The number of hydrogen-bond donors (Lipinski definition) is 3. The lowest BCUT2D eigenvalue weighted by Crippen LogP contribution is -2.31. The minimum atomic E-state index is -0.767. The highest BCUT2D eigenvalue weighted by Crippen LogP contribution is 2.23. The molecule has 0 saturated carbocycles. The van der Waals surface area contributed by atoms with E-state index in [1.165, 1.54) is 6.92 Å². The highest BCUT2D eigenvalue weighted by atomic mass is 35.5. The molecule has 0 bridgehead atoms. The Kier molecular flexibility index (Phi) is 5.52. The number of nitrogens with zero attached hydrogens (tertiary/aromatic N) is 3. The fourth-order valence-electron chi connectivity index (χ4n) is 2.29. The molecule has 10 heteroatoms. The first-order valence-corrected chi connectivity index (χ1v) is 8.71. The second kappa shape index (κ2) is 7.85. The van der Waals surface area contributed by atoms with Gasteiger partial charge in [0.2, 0.25) is 11.8 Å². The maximum Gasteiger partial charge on any atom is 0.331 e. The Bertz CT molecular complexity index is 1100. The molecule has 0 spiro atoms. The molecule has 2 N–H and O–H groups in total. The SMILES string of the molecule is Cc1c(O)n(Cc2nc(/C=C/C(S)c3ccc(Cl)cc3)no2)c(=O)[nH]c1=O. The first-order chi connectivity index (χ1) is 12.8. The topological polar surface area (TPSA) is 114 Å². The predicted octanol–water partition coefficient (Wildman–Crippen LogP) is 2.32. The van der Waals surface area contributed by atoms with Crippen LogP contribution in [0.2, 0.25) is 5.02 Å². The number of halogens is 1. The molecule has 8 nitrogen and oxygen atoms in total. The van der Waals surface area contributed by atoms with E-state index in [4.69, 9.17) is 16.1 Å². The van der Waals surface area contributed by atoms with Crippen molar-refractivity contribution < 1.29 is 9.63 Å². The second-order valence-corrected chi connectivity index (χ2v) is 6.69. The summed E-state index contributed by atoms with van der Waals surface area (Å²) in [5.41, 5.74) is -0.445. The normalized spacial score (nSPS) is 12.6. The summed E-state index contributed by atoms with van der Waals surface area (Å²) < 4.78 is 6.02. The van der Waals surface area contributed by atoms with Crippen LogP contribution < -0.4 is 11.2 Å². The van der Waals surface area contributed by atoms with Gasteiger partial charge in [-0.1, -0.05) is 35.0 Å². The van der Waals surface area contributed by atoms with Crippen LogP contribution in [0.1, 0.15) is 28.1 Å². The zero-order chi connectivity index (χ0) is 19.6. The van der Waals surface area contributed by atoms with Crippen molar-refractivity contribution in [1.29, 1.82) is 0 Å². The molecule has 140 valence electrons. The predicted molar refractivity (Wildman–Crippen MR) is 103 cm³/mol. The third-order valence-corrected chi connectivity index (χ3v) is 4.54. The molecular formula is C17H15ClN4O4S. The quantitative estimate of drug-likeness (QED) is 0.560. The van der Waals surface area contributed by atoms with Crippen LogP contribution in [-0.4, -0.2) is 24.8 Å². The third-order valence-electron chi connectivity index (χ3n) is 3.81. The lowest BCUT2D eigenvalue weighted by molar-refractivity contribution is 0.346. The summed E-state index contributed by atoms with van der Waals surface area (Å²) >= 11 is 10.4. The smallest absolute Gasteiger partial charge is 0.331 e. The van der Waals surface area contributed by atoms with Gasteiger partial charge in [0.15, 0.2) is 5.82 Å². The number of aromatic amines is 1. The molecule has 3 aromatic rings. The molecule has 2 heterocycles. The lowest BCUT2D eigenvalue weighted by Gasteiger charge is -2.06. The fraction of sp³-hybridized carbons (Fsp3) is 0.176. The van der Waals surface area contributed by atoms with Crippen LogP contribution in [0.15, 0.2) is 44.5 Å². The molecule has 0 saturated heterocycles. The Morgan fingerprint density at radius 3 is 2.78 bits per heavy atom. The fourth-order valence-corrected chi connectivity index (χ4v) is 2.67. The Morgan fingerprint density at radius 2 is 2.07 bits per heavy atom. The number of hydrogen-bond acceptors (Lipinski definition) is 7. The molecule has 0 amide bonds. The van der Waals surface area contributed by atoms with Crippen LogP contribution in [0.3, 0.4) is 0 Å². The van der Waals surface area contributed by atoms with Crippen LogP contribution >= 0.6 is 24.2 Å². The molecule has 0 fully saturated rings. The van der Waals surface area contributed by atoms with Crippen molar-refractivity contribution in [1.82, 2.24) is 19.7 Å². The summed E-state index contributed by atoms with van der Waals surface area (Å²) in [6.45, 7) is 1.22. The summed E-state index contributed by atoms with van der Waals surface area (Å²) in [4.78, 5) is 29.5. The zero-order valence-corrected chi connectivity index (χ0v) is 15.7. The third kappa shape index (κ3) is 4.32. The molecule has 0 aliphatic carbocycles. The first-order valence-electron chi connectivity index (χ1n) is 7.82. The van der Waals surface area contributed by atoms with Crippen molar-refractivity contribution >= 4 is 30.3 Å². The molecule has 2 aromatic heterocycles. The van der Waals surface area contributed by atoms with Gasteiger partial charge in [-0.15, -0.1) is 0 Å². The van der Waals surface area contributed by atoms with Gasteiger partial charge in [-0.2, -0.15) is 17.6 Å². The van der Waals surface area contributed by atoms with E-state index in [1.54, 1.807) is 24.3 Å². The number of aromatic hydroxyl groups is 1. The standard InChI is InChI=1S/C17H15ClN4O4S/c1-9-15(23)20-17(25)22(16(9)24)8-14-19-13(21-26-14)7-6-12(27)10-2-4-11(18)5-3-10/h2-7,12,24,27H,8H2,1H3,(H,20,23,25)/b7-6+. The molecule has 0 aliphatic heterocycles. The van der Waals surface area contributed by atoms with Crippen LogP contribution in [0, 0.1) is 6.92 Å². The van der Waals surface area contributed by atoms with Gasteiger partial charge in [0.25, 0.3) is 5.56 Å². The number of thiol groups is 1. The van der Waals surface area contributed by atoms with Crippen LogP contribution in [0.25, 0.3) is 6.08 Å². The molecule has 0 aliphatic rings. The highest BCUT2D eigenvalue weighted by Gasteiger charge is 2.14. The van der Waals surface area contributed by atoms with E-state index in [1.807, 2.05) is 12.1 Å². The highest BCUT2D eigenvalue weighted by molar-refractivity contribution is 7.80. The molecular weight excluding hydrogens is 392 g/mol. The molecule has 27 heavy (non-hydrogen) atoms. The Balaban J connectivity index is 1.76. The van der Waals surface area contributed by atoms with Gasteiger partial charge in [0, 0.05) is 10.3 Å². The number of aromatic nitrogens is 4. The van der Waals surface area contributed by atoms with Crippen molar-refractivity contribution in [2.45, 2.75) is 18.7 Å². The number of nitrogens with one attached hydrogen (secondary N) is 1. The van der Waals surface area contributed by atoms with Gasteiger partial charge in [0.05, 0.1) is 5.56 Å². The lowest BCUT2D eigenvalue weighted by atomic mass is 10.1. The van der Waals surface area contributed by atoms with Crippen molar-refractivity contribution in [2.24, 2.45) is 0 Å². The summed E-state index contributed by atoms with van der Waals surface area (Å²) in [7, 11) is 0. The maximum absolute atomic E-state index is 11.8. The molecule has 1 atom stereocenters. The van der Waals surface area contributed by atoms with Gasteiger partial charge in [-0.3, -0.25) is 14.3 Å². The number of rotatable bonds is 5. The van der Waals surface area contributed by atoms with Crippen LogP contribution in [-0.2, 0) is 6.54 Å². The second-order valence-electron chi connectivity index (χ2n) is 5.70. The van der Waals surface area contributed by atoms with Gasteiger partial charge >= 0.3 is 5.69 Å². The van der Waals surface area contributed by atoms with Crippen LogP contribution in [0.4, 0.5) is 0 Å². The monoisotopic (exact) mass is 406 g/mol. The maximum atomic E-state index is 11.8. The Morgan fingerprint density at radius 1 is 1.37 bits per heavy atom. The van der Waals surface area contributed by atoms with Gasteiger partial charge in [-0.05, 0) is 30.7 Å². The van der Waals surface area contributed by atoms with Gasteiger partial charge in [0.1, 0.15) is 6.54 Å². The Labute approximate surface area is 163 Å². The first kappa shape index (κ1) is 19.0. The van der Waals surface area contributed by atoms with E-state index in [-0.39, 0.29) is 29.1 Å². The Hall–Kier alpha value is -2.78. The average Bonchev–Trinajstić information content (AvgIpc) is 3.10. The van der Waals surface area contributed by atoms with Gasteiger partial charge < -0.3 is 9.63 Å². The van der Waals surface area contributed by atoms with E-state index in [2.05, 4.69) is 27.8 Å². The molecule has 0 radical (unpaired) electrons. The summed E-state index contributed by atoms with van der Waals surface area (Å²) in [5, 5.41) is 14.2. The van der Waals surface area contributed by atoms with Crippen molar-refractivity contribution in [3.63, 3.8) is 0 Å². The van der Waals surface area contributed by atoms with E-state index in [0.29, 0.717) is 5.02 Å². The van der Waals surface area contributed by atoms with Crippen LogP contribution in [0.5, 0.6) is 5.88 Å². The van der Waals surface area contributed by atoms with E-state index in [9.17, 15) is 14.7 Å². The zero-order valence-electron chi connectivity index (χ0n) is 14.1. The molecule has 3 rings (SSSR count).